The lowest BCUT2D eigenvalue weighted by Crippen LogP contribution is -2.15. The number of allylic oxidation sites excluding steroid dienone is 2. The molecule has 0 spiro atoms. The van der Waals surface area contributed by atoms with Gasteiger partial charge in [-0.2, -0.15) is 0 Å². The summed E-state index contributed by atoms with van der Waals surface area (Å²) >= 11 is 0. The van der Waals surface area contributed by atoms with Gasteiger partial charge in [0.1, 0.15) is 0 Å². The Labute approximate surface area is 111 Å². The summed E-state index contributed by atoms with van der Waals surface area (Å²) in [4.78, 5) is 0. The van der Waals surface area contributed by atoms with Gasteiger partial charge in [0.25, 0.3) is 0 Å². The fourth-order valence-electron chi connectivity index (χ4n) is 2.76. The Morgan fingerprint density at radius 1 is 1.28 bits per heavy atom. The summed E-state index contributed by atoms with van der Waals surface area (Å²) in [6, 6.07) is 9.62. The summed E-state index contributed by atoms with van der Waals surface area (Å²) in [6.07, 6.45) is 7.38. The third kappa shape index (κ3) is 3.02. The van der Waals surface area contributed by atoms with Crippen LogP contribution in [-0.2, 0) is 0 Å². The van der Waals surface area contributed by atoms with Crippen molar-refractivity contribution in [3.8, 4) is 0 Å². The van der Waals surface area contributed by atoms with E-state index in [1.54, 1.807) is 0 Å². The smallest absolute Gasteiger partial charge is 0.0314 e. The molecule has 0 aromatic heterocycles. The van der Waals surface area contributed by atoms with Crippen molar-refractivity contribution in [1.82, 2.24) is 5.32 Å². The fraction of sp³-hybridized carbons (Fsp3) is 0.529. The second-order valence-corrected chi connectivity index (χ2v) is 5.48. The van der Waals surface area contributed by atoms with E-state index in [0.717, 1.165) is 12.3 Å². The highest BCUT2D eigenvalue weighted by atomic mass is 14.9. The quantitative estimate of drug-likeness (QED) is 0.817. The average molecular weight is 243 g/mol. The minimum Gasteiger partial charge on any atom is -0.313 e. The van der Waals surface area contributed by atoms with Crippen LogP contribution in [0.4, 0.5) is 0 Å². The molecule has 0 heterocycles. The van der Waals surface area contributed by atoms with Crippen molar-refractivity contribution in [2.45, 2.75) is 45.6 Å². The highest BCUT2D eigenvalue weighted by Gasteiger charge is 2.12. The molecule has 1 aliphatic rings. The predicted molar refractivity (Wildman–Crippen MR) is 79.5 cm³/mol. The molecule has 1 aromatic rings. The topological polar surface area (TPSA) is 12.0 Å². The normalized spacial score (nSPS) is 21.5. The zero-order valence-corrected chi connectivity index (χ0v) is 11.9. The van der Waals surface area contributed by atoms with Crippen LogP contribution >= 0.6 is 0 Å². The van der Waals surface area contributed by atoms with Gasteiger partial charge < -0.3 is 5.32 Å². The molecule has 0 fully saturated rings. The first-order chi connectivity index (χ1) is 8.74. The van der Waals surface area contributed by atoms with Gasteiger partial charge in [0.05, 0.1) is 0 Å². The zero-order chi connectivity index (χ0) is 13.0. The van der Waals surface area contributed by atoms with Gasteiger partial charge in [0.2, 0.25) is 0 Å². The lowest BCUT2D eigenvalue weighted by molar-refractivity contribution is 0.534. The zero-order valence-electron chi connectivity index (χ0n) is 11.9. The van der Waals surface area contributed by atoms with Crippen LogP contribution in [0.25, 0.3) is 5.57 Å². The van der Waals surface area contributed by atoms with Crippen LogP contribution in [0.3, 0.4) is 0 Å². The standard InChI is InChI=1S/C17H25N/c1-4-17(18-3)16-11-9-15(10-12-16)14-7-5-13(2)6-8-14/h7,9-13,17-18H,4-6,8H2,1-3H3. The number of nitrogens with one attached hydrogen (secondary N) is 1. The Morgan fingerprint density at radius 2 is 2.00 bits per heavy atom. The van der Waals surface area contributed by atoms with E-state index in [-0.39, 0.29) is 0 Å². The van der Waals surface area contributed by atoms with Crippen molar-refractivity contribution in [2.75, 3.05) is 7.05 Å². The van der Waals surface area contributed by atoms with Gasteiger partial charge in [-0.05, 0) is 55.3 Å². The molecule has 98 valence electrons. The maximum Gasteiger partial charge on any atom is 0.0314 e. The molecule has 0 amide bonds. The maximum absolute atomic E-state index is 3.36. The fourth-order valence-corrected chi connectivity index (χ4v) is 2.76. The van der Waals surface area contributed by atoms with Gasteiger partial charge in [0, 0.05) is 6.04 Å². The van der Waals surface area contributed by atoms with E-state index in [1.807, 2.05) is 7.05 Å². The Bertz CT molecular complexity index is 398. The summed E-state index contributed by atoms with van der Waals surface area (Å²) in [5.41, 5.74) is 4.35. The molecule has 0 saturated carbocycles. The molecule has 1 heteroatoms. The number of rotatable bonds is 4. The van der Waals surface area contributed by atoms with Crippen LogP contribution in [-0.4, -0.2) is 7.05 Å². The van der Waals surface area contributed by atoms with Gasteiger partial charge >= 0.3 is 0 Å². The van der Waals surface area contributed by atoms with E-state index in [2.05, 4.69) is 49.5 Å². The van der Waals surface area contributed by atoms with Crippen molar-refractivity contribution in [2.24, 2.45) is 5.92 Å². The average Bonchev–Trinajstić information content (AvgIpc) is 2.42. The summed E-state index contributed by atoms with van der Waals surface area (Å²) in [5.74, 6) is 0.863. The number of hydrogen-bond donors (Lipinski definition) is 1. The first kappa shape index (κ1) is 13.4. The molecule has 2 unspecified atom stereocenters. The molecule has 0 radical (unpaired) electrons. The summed E-state index contributed by atoms with van der Waals surface area (Å²) in [6.45, 7) is 4.56. The Kier molecular flexibility index (Phi) is 4.60. The van der Waals surface area contributed by atoms with E-state index in [4.69, 9.17) is 0 Å². The van der Waals surface area contributed by atoms with Crippen molar-refractivity contribution >= 4 is 5.57 Å². The highest BCUT2D eigenvalue weighted by Crippen LogP contribution is 2.30. The molecule has 0 saturated heterocycles. The number of benzene rings is 1. The Hall–Kier alpha value is -1.08. The minimum absolute atomic E-state index is 0.486. The molecular weight excluding hydrogens is 218 g/mol. The first-order valence-electron chi connectivity index (χ1n) is 7.21. The van der Waals surface area contributed by atoms with Gasteiger partial charge in [-0.1, -0.05) is 44.2 Å². The van der Waals surface area contributed by atoms with Crippen molar-refractivity contribution in [1.29, 1.82) is 0 Å². The lowest BCUT2D eigenvalue weighted by Gasteiger charge is -2.19. The van der Waals surface area contributed by atoms with Crippen molar-refractivity contribution in [3.05, 3.63) is 41.5 Å². The van der Waals surface area contributed by atoms with Crippen LogP contribution in [0.2, 0.25) is 0 Å². The van der Waals surface area contributed by atoms with Crippen LogP contribution in [0, 0.1) is 5.92 Å². The molecule has 0 bridgehead atoms. The van der Waals surface area contributed by atoms with Gasteiger partial charge in [-0.15, -0.1) is 0 Å². The number of hydrogen-bond acceptors (Lipinski definition) is 1. The molecule has 2 atom stereocenters. The third-order valence-corrected chi connectivity index (χ3v) is 4.11. The van der Waals surface area contributed by atoms with Crippen LogP contribution in [0.1, 0.15) is 56.7 Å². The molecule has 1 aliphatic carbocycles. The van der Waals surface area contributed by atoms with E-state index in [0.29, 0.717) is 6.04 Å². The van der Waals surface area contributed by atoms with Crippen molar-refractivity contribution in [3.63, 3.8) is 0 Å². The molecule has 2 rings (SSSR count). The molecule has 0 aliphatic heterocycles. The first-order valence-corrected chi connectivity index (χ1v) is 7.21. The van der Waals surface area contributed by atoms with Crippen LogP contribution in [0.15, 0.2) is 30.3 Å². The summed E-state index contributed by atoms with van der Waals surface area (Å²) in [5, 5.41) is 3.36. The second kappa shape index (κ2) is 6.19. The maximum atomic E-state index is 3.36. The van der Waals surface area contributed by atoms with Crippen molar-refractivity contribution < 1.29 is 0 Å². The molecule has 1 nitrogen and oxygen atoms in total. The van der Waals surface area contributed by atoms with Crippen LogP contribution in [0.5, 0.6) is 0 Å². The lowest BCUT2D eigenvalue weighted by atomic mass is 9.87. The van der Waals surface area contributed by atoms with E-state index < -0.39 is 0 Å². The summed E-state index contributed by atoms with van der Waals surface area (Å²) < 4.78 is 0. The molecule has 18 heavy (non-hydrogen) atoms. The molecule has 1 N–H and O–H groups in total. The second-order valence-electron chi connectivity index (χ2n) is 5.48. The van der Waals surface area contributed by atoms with Gasteiger partial charge in [0.15, 0.2) is 0 Å². The minimum atomic E-state index is 0.486. The van der Waals surface area contributed by atoms with Gasteiger partial charge in [-0.25, -0.2) is 0 Å². The highest BCUT2D eigenvalue weighted by molar-refractivity contribution is 5.66. The predicted octanol–water partition coefficient (Wildman–Crippen LogP) is 4.56. The summed E-state index contributed by atoms with van der Waals surface area (Å²) in [7, 11) is 2.03. The van der Waals surface area contributed by atoms with Crippen LogP contribution < -0.4 is 5.32 Å². The Balaban J connectivity index is 2.12. The molecular formula is C17H25N. The monoisotopic (exact) mass is 243 g/mol. The van der Waals surface area contributed by atoms with E-state index in [9.17, 15) is 0 Å². The Morgan fingerprint density at radius 3 is 2.50 bits per heavy atom. The SMILES string of the molecule is CCC(NC)c1ccc(C2=CCC(C)CC2)cc1. The van der Waals surface area contributed by atoms with E-state index >= 15 is 0 Å². The largest absolute Gasteiger partial charge is 0.313 e. The third-order valence-electron chi connectivity index (χ3n) is 4.11. The van der Waals surface area contributed by atoms with E-state index in [1.165, 1.54) is 36.0 Å². The van der Waals surface area contributed by atoms with Gasteiger partial charge in [-0.3, -0.25) is 0 Å². The molecule has 1 aromatic carbocycles.